The van der Waals surface area contributed by atoms with E-state index in [2.05, 4.69) is 21.6 Å². The minimum Gasteiger partial charge on any atom is -0.456 e. The number of para-hydroxylation sites is 2. The Labute approximate surface area is 159 Å². The molecule has 0 aliphatic heterocycles. The summed E-state index contributed by atoms with van der Waals surface area (Å²) >= 11 is 1.58. The molecular weight excluding hydrogens is 354 g/mol. The van der Waals surface area contributed by atoms with E-state index in [9.17, 15) is 0 Å². The van der Waals surface area contributed by atoms with Crippen molar-refractivity contribution in [2.24, 2.45) is 5.10 Å². The predicted octanol–water partition coefficient (Wildman–Crippen LogP) is 5.64. The van der Waals surface area contributed by atoms with Gasteiger partial charge < -0.3 is 4.42 Å². The Morgan fingerprint density at radius 3 is 2.52 bits per heavy atom. The van der Waals surface area contributed by atoms with Crippen molar-refractivity contribution in [2.45, 2.75) is 0 Å². The zero-order valence-corrected chi connectivity index (χ0v) is 15.1. The summed E-state index contributed by atoms with van der Waals surface area (Å²) in [5.74, 6) is 0.777. The van der Waals surface area contributed by atoms with Gasteiger partial charge in [0.25, 0.3) is 0 Å². The van der Waals surface area contributed by atoms with Gasteiger partial charge in [0.15, 0.2) is 0 Å². The van der Waals surface area contributed by atoms with Crippen molar-refractivity contribution in [3.8, 4) is 11.3 Å². The molecule has 0 saturated heterocycles. The van der Waals surface area contributed by atoms with Gasteiger partial charge in [0, 0.05) is 17.0 Å². The van der Waals surface area contributed by atoms with Crippen LogP contribution in [0.2, 0.25) is 0 Å². The minimum atomic E-state index is 0.766. The van der Waals surface area contributed by atoms with Gasteiger partial charge in [0.05, 0.1) is 15.6 Å². The normalized spacial score (nSPS) is 11.9. The first-order valence-electron chi connectivity index (χ1n) is 8.60. The maximum Gasteiger partial charge on any atom is 0.204 e. The van der Waals surface area contributed by atoms with E-state index in [0.29, 0.717) is 0 Å². The number of thiazole rings is 1. The topological polar surface area (TPSA) is 50.4 Å². The standard InChI is InChI=1S/C22H15N3OS/c1-2-8-15(9-3-1)20-14-18(16-10-4-6-12-19(16)26-20)24-25-22-23-17-11-5-7-13-21(17)27-22/h1-14H,(H,23,25). The van der Waals surface area contributed by atoms with E-state index < -0.39 is 0 Å². The highest BCUT2D eigenvalue weighted by Gasteiger charge is 2.06. The molecular formula is C22H15N3OS. The van der Waals surface area contributed by atoms with Crippen LogP contribution in [0.25, 0.3) is 32.5 Å². The van der Waals surface area contributed by atoms with Crippen LogP contribution in [0.5, 0.6) is 0 Å². The van der Waals surface area contributed by atoms with Crippen LogP contribution >= 0.6 is 11.3 Å². The van der Waals surface area contributed by atoms with Gasteiger partial charge in [-0.3, -0.25) is 5.43 Å². The largest absolute Gasteiger partial charge is 0.456 e. The molecule has 0 amide bonds. The molecule has 2 heterocycles. The molecule has 5 heteroatoms. The smallest absolute Gasteiger partial charge is 0.204 e. The van der Waals surface area contributed by atoms with Crippen molar-refractivity contribution in [2.75, 3.05) is 5.43 Å². The Balaban J connectivity index is 1.63. The first-order chi connectivity index (χ1) is 13.4. The molecule has 27 heavy (non-hydrogen) atoms. The molecule has 0 aliphatic carbocycles. The molecule has 3 aromatic carbocycles. The molecule has 5 rings (SSSR count). The van der Waals surface area contributed by atoms with Crippen LogP contribution in [-0.4, -0.2) is 4.98 Å². The first kappa shape index (κ1) is 15.8. The number of rotatable bonds is 3. The van der Waals surface area contributed by atoms with Crippen molar-refractivity contribution in [1.29, 1.82) is 0 Å². The summed E-state index contributed by atoms with van der Waals surface area (Å²) in [5.41, 5.74) is 5.89. The number of aromatic nitrogens is 1. The zero-order chi connectivity index (χ0) is 18.1. The SMILES string of the molecule is c1ccc(-c2cc(=NNc3nc4ccccc4s3)c3ccccc3o2)cc1. The summed E-state index contributed by atoms with van der Waals surface area (Å²) in [4.78, 5) is 4.58. The van der Waals surface area contributed by atoms with E-state index in [0.717, 1.165) is 43.0 Å². The fraction of sp³-hybridized carbons (Fsp3) is 0. The van der Waals surface area contributed by atoms with Crippen molar-refractivity contribution in [3.05, 3.63) is 90.3 Å². The van der Waals surface area contributed by atoms with Gasteiger partial charge in [0.2, 0.25) is 5.13 Å². The Kier molecular flexibility index (Phi) is 3.92. The Morgan fingerprint density at radius 1 is 0.852 bits per heavy atom. The molecule has 0 spiro atoms. The third-order valence-corrected chi connectivity index (χ3v) is 5.22. The molecule has 2 aromatic heterocycles. The summed E-state index contributed by atoms with van der Waals surface area (Å²) in [5, 5.41) is 7.15. The highest BCUT2D eigenvalue weighted by Crippen LogP contribution is 2.25. The molecule has 0 aliphatic rings. The highest BCUT2D eigenvalue weighted by atomic mass is 32.1. The molecule has 0 unspecified atom stereocenters. The summed E-state index contributed by atoms with van der Waals surface area (Å²) in [6.45, 7) is 0. The number of hydrogen-bond donors (Lipinski definition) is 1. The fourth-order valence-electron chi connectivity index (χ4n) is 2.98. The van der Waals surface area contributed by atoms with Gasteiger partial charge in [-0.2, -0.15) is 5.10 Å². The Bertz CT molecular complexity index is 1270. The average Bonchev–Trinajstić information content (AvgIpc) is 3.15. The molecule has 0 fully saturated rings. The van der Waals surface area contributed by atoms with Crippen molar-refractivity contribution < 1.29 is 4.42 Å². The number of nitrogens with one attached hydrogen (secondary N) is 1. The molecule has 0 radical (unpaired) electrons. The van der Waals surface area contributed by atoms with E-state index in [1.807, 2.05) is 78.9 Å². The van der Waals surface area contributed by atoms with E-state index >= 15 is 0 Å². The van der Waals surface area contributed by atoms with Crippen molar-refractivity contribution in [1.82, 2.24) is 4.98 Å². The first-order valence-corrected chi connectivity index (χ1v) is 9.42. The third kappa shape index (κ3) is 3.09. The molecule has 0 saturated carbocycles. The zero-order valence-electron chi connectivity index (χ0n) is 14.3. The highest BCUT2D eigenvalue weighted by molar-refractivity contribution is 7.22. The third-order valence-electron chi connectivity index (χ3n) is 4.27. The lowest BCUT2D eigenvalue weighted by Crippen LogP contribution is -2.07. The second-order valence-corrected chi connectivity index (χ2v) is 7.10. The Hall–Kier alpha value is -3.44. The number of benzene rings is 3. The number of hydrogen-bond acceptors (Lipinski definition) is 5. The van der Waals surface area contributed by atoms with Gasteiger partial charge in [-0.25, -0.2) is 4.98 Å². The fourth-order valence-corrected chi connectivity index (χ4v) is 3.79. The van der Waals surface area contributed by atoms with E-state index in [1.165, 1.54) is 0 Å². The second-order valence-electron chi connectivity index (χ2n) is 6.07. The van der Waals surface area contributed by atoms with E-state index in [1.54, 1.807) is 11.3 Å². The number of anilines is 1. The number of nitrogens with zero attached hydrogens (tertiary/aromatic N) is 2. The van der Waals surface area contributed by atoms with Crippen LogP contribution in [-0.2, 0) is 0 Å². The Morgan fingerprint density at radius 2 is 1.63 bits per heavy atom. The van der Waals surface area contributed by atoms with Gasteiger partial charge in [-0.15, -0.1) is 0 Å². The minimum absolute atomic E-state index is 0.766. The molecule has 0 atom stereocenters. The molecule has 5 aromatic rings. The lowest BCUT2D eigenvalue weighted by molar-refractivity contribution is 0.618. The van der Waals surface area contributed by atoms with Crippen LogP contribution in [0.4, 0.5) is 5.13 Å². The maximum absolute atomic E-state index is 6.09. The van der Waals surface area contributed by atoms with Gasteiger partial charge in [-0.1, -0.05) is 65.9 Å². The van der Waals surface area contributed by atoms with E-state index in [4.69, 9.17) is 4.42 Å². The van der Waals surface area contributed by atoms with Crippen LogP contribution in [0.15, 0.2) is 94.4 Å². The quantitative estimate of drug-likeness (QED) is 0.419. The van der Waals surface area contributed by atoms with Gasteiger partial charge >= 0.3 is 0 Å². The molecule has 1 N–H and O–H groups in total. The van der Waals surface area contributed by atoms with Crippen molar-refractivity contribution in [3.63, 3.8) is 0 Å². The van der Waals surface area contributed by atoms with E-state index in [-0.39, 0.29) is 0 Å². The lowest BCUT2D eigenvalue weighted by atomic mass is 10.1. The van der Waals surface area contributed by atoms with Crippen LogP contribution in [0.3, 0.4) is 0 Å². The maximum atomic E-state index is 6.09. The van der Waals surface area contributed by atoms with Crippen LogP contribution < -0.4 is 10.8 Å². The molecule has 4 nitrogen and oxygen atoms in total. The predicted molar refractivity (Wildman–Crippen MR) is 110 cm³/mol. The van der Waals surface area contributed by atoms with Crippen LogP contribution in [0.1, 0.15) is 0 Å². The van der Waals surface area contributed by atoms with Gasteiger partial charge in [-0.05, 0) is 24.3 Å². The van der Waals surface area contributed by atoms with Crippen LogP contribution in [0, 0.1) is 0 Å². The monoisotopic (exact) mass is 369 g/mol. The second kappa shape index (κ2) is 6.70. The summed E-state index contributed by atoms with van der Waals surface area (Å²) < 4.78 is 7.22. The summed E-state index contributed by atoms with van der Waals surface area (Å²) in [6.07, 6.45) is 0. The summed E-state index contributed by atoms with van der Waals surface area (Å²) in [7, 11) is 0. The molecule has 0 bridgehead atoms. The lowest BCUT2D eigenvalue weighted by Gasteiger charge is -2.04. The molecule has 130 valence electrons. The number of fused-ring (bicyclic) bond motifs is 2. The van der Waals surface area contributed by atoms with Crippen molar-refractivity contribution >= 4 is 37.7 Å². The average molecular weight is 369 g/mol. The van der Waals surface area contributed by atoms with Gasteiger partial charge in [0.1, 0.15) is 11.3 Å². The summed E-state index contributed by atoms with van der Waals surface area (Å²) in [6, 6.07) is 28.0.